The summed E-state index contributed by atoms with van der Waals surface area (Å²) < 4.78 is 15.4. The van der Waals surface area contributed by atoms with E-state index in [1.54, 1.807) is 11.8 Å². The molecule has 1 aliphatic heterocycles. The van der Waals surface area contributed by atoms with Crippen molar-refractivity contribution in [1.82, 2.24) is 4.90 Å². The molecule has 25 heavy (non-hydrogen) atoms. The van der Waals surface area contributed by atoms with Crippen molar-refractivity contribution >= 4 is 23.8 Å². The molecule has 0 aromatic carbocycles. The number of cyclic esters (lactones) is 1. The van der Waals surface area contributed by atoms with Crippen LogP contribution in [0.1, 0.15) is 52.9 Å². The molecule has 4 atom stereocenters. The summed E-state index contributed by atoms with van der Waals surface area (Å²) in [6, 6.07) is -0.962. The third-order valence-electron chi connectivity index (χ3n) is 5.32. The zero-order valence-corrected chi connectivity index (χ0v) is 16.4. The molecule has 1 saturated heterocycles. The van der Waals surface area contributed by atoms with Gasteiger partial charge in [0.25, 0.3) is 5.79 Å². The zero-order chi connectivity index (χ0) is 18.8. The molecule has 1 heterocycles. The van der Waals surface area contributed by atoms with Crippen molar-refractivity contribution in [2.24, 2.45) is 0 Å². The number of thioether (sulfide) groups is 1. The van der Waals surface area contributed by atoms with Gasteiger partial charge < -0.3 is 19.3 Å². The van der Waals surface area contributed by atoms with Crippen LogP contribution >= 0.6 is 11.8 Å². The molecule has 2 rings (SSSR count). The lowest BCUT2D eigenvalue weighted by Gasteiger charge is -2.40. The van der Waals surface area contributed by atoms with Crippen LogP contribution in [0.5, 0.6) is 0 Å². The van der Waals surface area contributed by atoms with E-state index in [0.717, 1.165) is 17.7 Å². The maximum Gasteiger partial charge on any atom is 0.415 e. The minimum absolute atomic E-state index is 0.256. The van der Waals surface area contributed by atoms with Crippen LogP contribution < -0.4 is 0 Å². The van der Waals surface area contributed by atoms with E-state index in [2.05, 4.69) is 0 Å². The molecule has 1 aliphatic carbocycles. The number of rotatable bonds is 6. The maximum atomic E-state index is 12.5. The van der Waals surface area contributed by atoms with Gasteiger partial charge in [-0.2, -0.15) is 11.8 Å². The Labute approximate surface area is 153 Å². The van der Waals surface area contributed by atoms with Gasteiger partial charge in [0.15, 0.2) is 0 Å². The van der Waals surface area contributed by atoms with Crippen molar-refractivity contribution in [3.8, 4) is 0 Å². The Kier molecular flexibility index (Phi) is 6.27. The highest BCUT2D eigenvalue weighted by Gasteiger charge is 2.64. The second-order valence-electron chi connectivity index (χ2n) is 6.98. The topological polar surface area (TPSA) is 85.3 Å². The Morgan fingerprint density at radius 1 is 1.32 bits per heavy atom. The molecule has 144 valence electrons. The fourth-order valence-electron chi connectivity index (χ4n) is 3.54. The van der Waals surface area contributed by atoms with Gasteiger partial charge >= 0.3 is 12.1 Å². The van der Waals surface area contributed by atoms with Gasteiger partial charge in [-0.1, -0.05) is 26.2 Å². The molecular weight excluding hydrogens is 346 g/mol. The molecule has 0 aromatic rings. The Bertz CT molecular complexity index is 507. The number of aliphatic hydroxyl groups is 1. The Hall–Kier alpha value is -0.990. The predicted molar refractivity (Wildman–Crippen MR) is 94.1 cm³/mol. The summed E-state index contributed by atoms with van der Waals surface area (Å²) in [5, 5.41) is 11.1. The highest BCUT2D eigenvalue weighted by Crippen LogP contribution is 2.42. The molecule has 0 aromatic heterocycles. The van der Waals surface area contributed by atoms with Crippen molar-refractivity contribution in [2.45, 2.75) is 80.9 Å². The number of carbonyl (C=O) groups excluding carboxylic acids is 2. The molecule has 1 N–H and O–H groups in total. The van der Waals surface area contributed by atoms with E-state index in [9.17, 15) is 14.7 Å². The summed E-state index contributed by atoms with van der Waals surface area (Å²) in [7, 11) is 2.62. The molecule has 8 heteroatoms. The second-order valence-corrected chi connectivity index (χ2v) is 8.66. The minimum atomic E-state index is -1.81. The molecule has 2 fully saturated rings. The van der Waals surface area contributed by atoms with Crippen LogP contribution in [0.2, 0.25) is 0 Å². The maximum absolute atomic E-state index is 12.5. The van der Waals surface area contributed by atoms with Crippen LogP contribution in [0.25, 0.3) is 0 Å². The first kappa shape index (κ1) is 20.3. The van der Waals surface area contributed by atoms with Crippen molar-refractivity contribution in [3.05, 3.63) is 0 Å². The number of nitrogens with zero attached hydrogens (tertiary/aromatic N) is 1. The molecule has 0 bridgehead atoms. The van der Waals surface area contributed by atoms with Crippen molar-refractivity contribution in [2.75, 3.05) is 14.2 Å². The van der Waals surface area contributed by atoms with Crippen LogP contribution in [0.3, 0.4) is 0 Å². The van der Waals surface area contributed by atoms with Crippen LogP contribution in [0.4, 0.5) is 4.79 Å². The van der Waals surface area contributed by atoms with Crippen LogP contribution in [0.15, 0.2) is 0 Å². The fraction of sp³-hybridized carbons (Fsp3) is 0.882. The predicted octanol–water partition coefficient (Wildman–Crippen LogP) is 2.51. The Balaban J connectivity index is 2.27. The monoisotopic (exact) mass is 375 g/mol. The van der Waals surface area contributed by atoms with Gasteiger partial charge in [-0.05, 0) is 19.8 Å². The van der Waals surface area contributed by atoms with Gasteiger partial charge in [0.05, 0.1) is 7.11 Å². The van der Waals surface area contributed by atoms with Gasteiger partial charge in [-0.3, -0.25) is 4.90 Å². The highest BCUT2D eigenvalue weighted by molar-refractivity contribution is 8.00. The summed E-state index contributed by atoms with van der Waals surface area (Å²) in [5.41, 5.74) is -1.81. The first-order valence-electron chi connectivity index (χ1n) is 8.71. The van der Waals surface area contributed by atoms with Gasteiger partial charge in [0.2, 0.25) is 5.72 Å². The number of carbonyl (C=O) groups is 2. The molecule has 1 amide bonds. The summed E-state index contributed by atoms with van der Waals surface area (Å²) in [5.74, 6) is -2.14. The molecular formula is C17H29NO6S. The Morgan fingerprint density at radius 3 is 2.40 bits per heavy atom. The van der Waals surface area contributed by atoms with Crippen molar-refractivity contribution in [3.63, 3.8) is 0 Å². The first-order valence-corrected chi connectivity index (χ1v) is 9.65. The summed E-state index contributed by atoms with van der Waals surface area (Å²) in [6.45, 7) is 4.76. The van der Waals surface area contributed by atoms with E-state index in [4.69, 9.17) is 14.2 Å². The number of esters is 1. The quantitative estimate of drug-likeness (QED) is 0.714. The lowest BCUT2D eigenvalue weighted by Crippen LogP contribution is -2.62. The van der Waals surface area contributed by atoms with E-state index in [-0.39, 0.29) is 5.25 Å². The van der Waals surface area contributed by atoms with E-state index < -0.39 is 29.6 Å². The first-order chi connectivity index (χ1) is 11.7. The van der Waals surface area contributed by atoms with E-state index in [0.29, 0.717) is 5.25 Å². The van der Waals surface area contributed by atoms with E-state index in [1.807, 2.05) is 6.92 Å². The van der Waals surface area contributed by atoms with Crippen molar-refractivity contribution in [1.29, 1.82) is 0 Å². The minimum Gasteiger partial charge on any atom is -0.467 e. The lowest BCUT2D eigenvalue weighted by molar-refractivity contribution is -0.264. The lowest BCUT2D eigenvalue weighted by atomic mass is 10.0. The molecule has 2 aliphatic rings. The Morgan fingerprint density at radius 2 is 1.92 bits per heavy atom. The van der Waals surface area contributed by atoms with Gasteiger partial charge in [-0.25, -0.2) is 9.59 Å². The van der Waals surface area contributed by atoms with Gasteiger partial charge in [0, 0.05) is 24.5 Å². The average molecular weight is 375 g/mol. The third kappa shape index (κ3) is 3.75. The fourth-order valence-corrected chi connectivity index (χ4v) is 5.13. The van der Waals surface area contributed by atoms with Crippen LogP contribution in [-0.2, 0) is 19.0 Å². The standard InChI is InChI=1S/C17H29NO6S/c1-11(25-12-9-7-6-8-10-12)13(14(19)22-4)18-15(20)24-17(3,23-5)16(18,2)21/h11-13,21H,6-10H2,1-5H3/t11-,13+,16-,17+/m0/s1. The number of hydrogen-bond acceptors (Lipinski definition) is 7. The third-order valence-corrected chi connectivity index (χ3v) is 6.87. The number of hydrogen-bond donors (Lipinski definition) is 1. The largest absolute Gasteiger partial charge is 0.467 e. The molecule has 7 nitrogen and oxygen atoms in total. The SMILES string of the molecule is COC(=O)[C@@H]([C@H](C)SC1CCCCC1)N1C(=O)O[C@@](C)(OC)[C@]1(C)O. The number of methoxy groups -OCH3 is 2. The smallest absolute Gasteiger partial charge is 0.415 e. The van der Waals surface area contributed by atoms with Gasteiger partial charge in [-0.15, -0.1) is 0 Å². The summed E-state index contributed by atoms with van der Waals surface area (Å²) >= 11 is 1.67. The highest BCUT2D eigenvalue weighted by atomic mass is 32.2. The average Bonchev–Trinajstić information content (AvgIpc) is 2.75. The summed E-state index contributed by atoms with van der Waals surface area (Å²) in [4.78, 5) is 26.0. The second kappa shape index (κ2) is 7.72. The van der Waals surface area contributed by atoms with Crippen LogP contribution in [0, 0.1) is 0 Å². The summed E-state index contributed by atoms with van der Waals surface area (Å²) in [6.07, 6.45) is 5.00. The molecule has 0 unspecified atom stereocenters. The molecule has 0 spiro atoms. The molecule has 1 saturated carbocycles. The van der Waals surface area contributed by atoms with E-state index >= 15 is 0 Å². The normalized spacial score (nSPS) is 33.0. The van der Waals surface area contributed by atoms with E-state index in [1.165, 1.54) is 47.3 Å². The number of amides is 1. The zero-order valence-electron chi connectivity index (χ0n) is 15.6. The van der Waals surface area contributed by atoms with Crippen molar-refractivity contribution < 1.29 is 28.9 Å². The number of ether oxygens (including phenoxy) is 3. The van der Waals surface area contributed by atoms with Gasteiger partial charge in [0.1, 0.15) is 6.04 Å². The molecule has 0 radical (unpaired) electrons. The van der Waals surface area contributed by atoms with Crippen LogP contribution in [-0.4, -0.2) is 64.3 Å².